The first-order chi connectivity index (χ1) is 14.5. The van der Waals surface area contributed by atoms with Crippen LogP contribution >= 0.6 is 11.6 Å². The molecule has 3 aromatic rings. The van der Waals surface area contributed by atoms with E-state index in [4.69, 9.17) is 26.2 Å². The summed E-state index contributed by atoms with van der Waals surface area (Å²) in [5.41, 5.74) is 2.69. The number of benzene rings is 2. The van der Waals surface area contributed by atoms with Gasteiger partial charge < -0.3 is 9.47 Å². The maximum absolute atomic E-state index is 11.7. The van der Waals surface area contributed by atoms with Crippen LogP contribution in [0.25, 0.3) is 16.9 Å². The van der Waals surface area contributed by atoms with Gasteiger partial charge in [0.2, 0.25) is 5.88 Å². The first kappa shape index (κ1) is 20.9. The predicted molar refractivity (Wildman–Crippen MR) is 120 cm³/mol. The molecule has 4 rings (SSSR count). The van der Waals surface area contributed by atoms with Crippen LogP contribution in [-0.2, 0) is 11.0 Å². The van der Waals surface area contributed by atoms with E-state index in [0.717, 1.165) is 48.6 Å². The molecular formula is C22H24ClN3O3S. The molecule has 0 N–H and O–H groups in total. The van der Waals surface area contributed by atoms with Crippen LogP contribution in [0.2, 0.25) is 5.02 Å². The Morgan fingerprint density at radius 1 is 1.10 bits per heavy atom. The number of aromatic nitrogens is 2. The molecule has 0 spiro atoms. The summed E-state index contributed by atoms with van der Waals surface area (Å²) in [7, 11) is 0.711. The summed E-state index contributed by atoms with van der Waals surface area (Å²) in [4.78, 5) is 0. The topological polar surface area (TPSA) is 56.6 Å². The third kappa shape index (κ3) is 4.53. The van der Waals surface area contributed by atoms with E-state index >= 15 is 0 Å². The normalized spacial score (nSPS) is 16.4. The predicted octanol–water partition coefficient (Wildman–Crippen LogP) is 4.34. The molecule has 0 amide bonds. The number of hydrogen-bond donors (Lipinski definition) is 0. The summed E-state index contributed by atoms with van der Waals surface area (Å²) in [5.74, 6) is 1.28. The minimum absolute atomic E-state index is 0.0453. The fraction of sp³-hybridized carbons (Fsp3) is 0.318. The maximum Gasteiger partial charge on any atom is 0.234 e. The van der Waals surface area contributed by atoms with Gasteiger partial charge in [-0.25, -0.2) is 13.2 Å². The SMILES string of the molecule is COc1ccccc1-n1nc(OC2CCN(S(C)=O)CC2)cc1-c1ccc(Cl)cc1. The zero-order valence-corrected chi connectivity index (χ0v) is 18.5. The van der Waals surface area contributed by atoms with Crippen molar-refractivity contribution in [3.63, 3.8) is 0 Å². The van der Waals surface area contributed by atoms with Gasteiger partial charge in [0, 0.05) is 36.0 Å². The molecule has 1 saturated heterocycles. The standard InChI is InChI=1S/C22H24ClN3O3S/c1-28-21-6-4-3-5-19(21)26-20(16-7-9-17(23)10-8-16)15-22(24-26)29-18-11-13-25(14-12-18)30(2)27/h3-10,15,18H,11-14H2,1-2H3. The summed E-state index contributed by atoms with van der Waals surface area (Å²) in [6, 6.07) is 17.3. The molecule has 30 heavy (non-hydrogen) atoms. The van der Waals surface area contributed by atoms with Gasteiger partial charge in [-0.1, -0.05) is 35.9 Å². The van der Waals surface area contributed by atoms with Crippen LogP contribution in [0.1, 0.15) is 12.8 Å². The Labute approximate surface area is 184 Å². The highest BCUT2D eigenvalue weighted by Crippen LogP contribution is 2.32. The number of ether oxygens (including phenoxy) is 2. The van der Waals surface area contributed by atoms with Crippen LogP contribution < -0.4 is 9.47 Å². The second-order valence-corrected chi connectivity index (χ2v) is 8.93. The van der Waals surface area contributed by atoms with E-state index in [-0.39, 0.29) is 6.10 Å². The molecule has 0 saturated carbocycles. The molecule has 6 nitrogen and oxygen atoms in total. The van der Waals surface area contributed by atoms with Crippen LogP contribution in [0.5, 0.6) is 11.6 Å². The van der Waals surface area contributed by atoms with Crippen LogP contribution in [0, 0.1) is 0 Å². The highest BCUT2D eigenvalue weighted by atomic mass is 35.5. The van der Waals surface area contributed by atoms with Crippen molar-refractivity contribution >= 4 is 22.6 Å². The molecule has 1 atom stereocenters. The average Bonchev–Trinajstić information content (AvgIpc) is 3.18. The maximum atomic E-state index is 11.7. The summed E-state index contributed by atoms with van der Waals surface area (Å²) >= 11 is 6.08. The van der Waals surface area contributed by atoms with E-state index in [0.29, 0.717) is 10.9 Å². The van der Waals surface area contributed by atoms with Crippen molar-refractivity contribution in [2.75, 3.05) is 26.5 Å². The van der Waals surface area contributed by atoms with Gasteiger partial charge in [0.15, 0.2) is 0 Å². The molecule has 8 heteroatoms. The highest BCUT2D eigenvalue weighted by Gasteiger charge is 2.24. The lowest BCUT2D eigenvalue weighted by atomic mass is 10.1. The lowest BCUT2D eigenvalue weighted by Crippen LogP contribution is -2.38. The van der Waals surface area contributed by atoms with Gasteiger partial charge in [-0.05, 0) is 37.1 Å². The van der Waals surface area contributed by atoms with Gasteiger partial charge in [0.05, 0.1) is 23.8 Å². The number of nitrogens with zero attached hydrogens (tertiary/aromatic N) is 3. The zero-order chi connectivity index (χ0) is 21.1. The first-order valence-electron chi connectivity index (χ1n) is 9.79. The number of halogens is 1. The molecule has 1 aliphatic heterocycles. The van der Waals surface area contributed by atoms with E-state index in [1.54, 1.807) is 13.4 Å². The lowest BCUT2D eigenvalue weighted by Gasteiger charge is -2.29. The second kappa shape index (κ2) is 9.20. The quantitative estimate of drug-likeness (QED) is 0.566. The third-order valence-corrected chi connectivity index (χ3v) is 6.54. The zero-order valence-electron chi connectivity index (χ0n) is 17.0. The second-order valence-electron chi connectivity index (χ2n) is 7.13. The van der Waals surface area contributed by atoms with Gasteiger partial charge in [-0.15, -0.1) is 5.10 Å². The van der Waals surface area contributed by atoms with Gasteiger partial charge in [0.25, 0.3) is 0 Å². The average molecular weight is 446 g/mol. The molecule has 2 aromatic carbocycles. The summed E-state index contributed by atoms with van der Waals surface area (Å²) in [6.45, 7) is 1.51. The van der Waals surface area contributed by atoms with Crippen LogP contribution in [0.3, 0.4) is 0 Å². The molecule has 2 heterocycles. The number of piperidine rings is 1. The fourth-order valence-corrected chi connectivity index (χ4v) is 4.46. The summed E-state index contributed by atoms with van der Waals surface area (Å²) < 4.78 is 27.2. The molecule has 0 aliphatic carbocycles. The van der Waals surface area contributed by atoms with Crippen LogP contribution in [0.4, 0.5) is 0 Å². The van der Waals surface area contributed by atoms with Gasteiger partial charge >= 0.3 is 0 Å². The van der Waals surface area contributed by atoms with Gasteiger partial charge in [0.1, 0.15) is 17.5 Å². The largest absolute Gasteiger partial charge is 0.494 e. The summed E-state index contributed by atoms with van der Waals surface area (Å²) in [5, 5.41) is 5.42. The molecular weight excluding hydrogens is 422 g/mol. The van der Waals surface area contributed by atoms with Crippen molar-refractivity contribution in [1.82, 2.24) is 14.1 Å². The third-order valence-electron chi connectivity index (χ3n) is 5.19. The molecule has 1 aliphatic rings. The van der Waals surface area contributed by atoms with Crippen molar-refractivity contribution in [2.45, 2.75) is 18.9 Å². The van der Waals surface area contributed by atoms with E-state index in [2.05, 4.69) is 0 Å². The highest BCUT2D eigenvalue weighted by molar-refractivity contribution is 7.81. The van der Waals surface area contributed by atoms with E-state index < -0.39 is 11.0 Å². The van der Waals surface area contributed by atoms with Crippen molar-refractivity contribution in [3.05, 3.63) is 59.6 Å². The number of hydrogen-bond acceptors (Lipinski definition) is 4. The van der Waals surface area contributed by atoms with Crippen molar-refractivity contribution in [1.29, 1.82) is 0 Å². The minimum Gasteiger partial charge on any atom is -0.494 e. The molecule has 0 radical (unpaired) electrons. The van der Waals surface area contributed by atoms with Crippen molar-refractivity contribution in [3.8, 4) is 28.6 Å². The van der Waals surface area contributed by atoms with Gasteiger partial charge in [-0.3, -0.25) is 0 Å². The van der Waals surface area contributed by atoms with Crippen LogP contribution in [0.15, 0.2) is 54.6 Å². The van der Waals surface area contributed by atoms with Crippen LogP contribution in [-0.4, -0.2) is 50.9 Å². The smallest absolute Gasteiger partial charge is 0.234 e. The Morgan fingerprint density at radius 2 is 1.80 bits per heavy atom. The van der Waals surface area contributed by atoms with Crippen molar-refractivity contribution in [2.24, 2.45) is 0 Å². The lowest BCUT2D eigenvalue weighted by molar-refractivity contribution is 0.131. The van der Waals surface area contributed by atoms with E-state index in [1.807, 2.05) is 63.6 Å². The Morgan fingerprint density at radius 3 is 2.47 bits per heavy atom. The molecule has 1 unspecified atom stereocenters. The Balaban J connectivity index is 1.66. The fourth-order valence-electron chi connectivity index (χ4n) is 3.61. The first-order valence-corrected chi connectivity index (χ1v) is 11.7. The Hall–Kier alpha value is -2.35. The molecule has 158 valence electrons. The monoisotopic (exact) mass is 445 g/mol. The number of rotatable bonds is 6. The van der Waals surface area contributed by atoms with E-state index in [9.17, 15) is 4.21 Å². The summed E-state index contributed by atoms with van der Waals surface area (Å²) in [6.07, 6.45) is 3.40. The van der Waals surface area contributed by atoms with Gasteiger partial charge in [-0.2, -0.15) is 0 Å². The Bertz CT molecular complexity index is 1030. The number of methoxy groups -OCH3 is 1. The molecule has 0 bridgehead atoms. The van der Waals surface area contributed by atoms with Crippen molar-refractivity contribution < 1.29 is 13.7 Å². The Kier molecular flexibility index (Phi) is 6.41. The molecule has 1 aromatic heterocycles. The minimum atomic E-state index is -0.935. The molecule has 1 fully saturated rings. The number of para-hydroxylation sites is 2. The van der Waals surface area contributed by atoms with E-state index in [1.165, 1.54) is 0 Å².